The van der Waals surface area contributed by atoms with E-state index < -0.39 is 10.4 Å². The lowest BCUT2D eigenvalue weighted by molar-refractivity contribution is 0.352. The van der Waals surface area contributed by atoms with Crippen LogP contribution < -0.4 is 5.32 Å². The molecule has 0 bridgehead atoms. The molecule has 1 aliphatic carbocycles. The van der Waals surface area contributed by atoms with Crippen molar-refractivity contribution >= 4 is 33.0 Å². The first-order valence-electron chi connectivity index (χ1n) is 6.87. The van der Waals surface area contributed by atoms with Crippen LogP contribution in [0.5, 0.6) is 0 Å². The van der Waals surface area contributed by atoms with E-state index in [0.717, 1.165) is 42.2 Å². The van der Waals surface area contributed by atoms with Crippen LogP contribution in [0.4, 0.5) is 0 Å². The van der Waals surface area contributed by atoms with Gasteiger partial charge in [-0.15, -0.1) is 0 Å². The Morgan fingerprint density at radius 2 is 2.09 bits per heavy atom. The largest absolute Gasteiger partial charge is 0.759 e. The molecule has 1 unspecified atom stereocenters. The van der Waals surface area contributed by atoms with Gasteiger partial charge in [0.05, 0.1) is 0 Å². The van der Waals surface area contributed by atoms with E-state index in [1.807, 2.05) is 18.2 Å². The van der Waals surface area contributed by atoms with E-state index in [9.17, 15) is 0 Å². The number of nitrogens with one attached hydrogen (secondary N) is 1. The fraction of sp³-hybridized carbons (Fsp3) is 0.429. The van der Waals surface area contributed by atoms with Gasteiger partial charge in [-0.25, -0.2) is 0 Å². The highest BCUT2D eigenvalue weighted by atomic mass is 35.5. The molecule has 122 valence electrons. The van der Waals surface area contributed by atoms with E-state index in [4.69, 9.17) is 33.5 Å². The zero-order valence-electron chi connectivity index (χ0n) is 12.0. The van der Waals surface area contributed by atoms with E-state index in [-0.39, 0.29) is 0 Å². The summed E-state index contributed by atoms with van der Waals surface area (Å²) >= 11 is 6.06. The number of hydrogen-bond acceptors (Lipinski definition) is 6. The second kappa shape index (κ2) is 6.97. The number of likely N-dealkylation sites (N-methyl/N-ethyl adjacent to an activating group) is 1. The number of aryl methyl sites for hydroxylation is 1. The maximum Gasteiger partial charge on any atom is 0.134 e. The molecular weight excluding hydrogens is 330 g/mol. The summed E-state index contributed by atoms with van der Waals surface area (Å²) in [4.78, 5) is 0. The molecule has 0 radical (unpaired) electrons. The van der Waals surface area contributed by atoms with Crippen LogP contribution in [0.25, 0.3) is 11.0 Å². The molecule has 1 atom stereocenters. The molecule has 3 rings (SSSR count). The highest BCUT2D eigenvalue weighted by molar-refractivity contribution is 7.79. The Bertz CT molecular complexity index is 748. The van der Waals surface area contributed by atoms with Crippen LogP contribution >= 0.6 is 11.6 Å². The first-order valence-corrected chi connectivity index (χ1v) is 8.59. The van der Waals surface area contributed by atoms with Crippen LogP contribution in [0.2, 0.25) is 5.02 Å². The Labute approximate surface area is 134 Å². The number of benzene rings is 1. The van der Waals surface area contributed by atoms with Gasteiger partial charge in [0.2, 0.25) is 0 Å². The highest BCUT2D eigenvalue weighted by Crippen LogP contribution is 2.33. The molecule has 22 heavy (non-hydrogen) atoms. The molecule has 0 amide bonds. The van der Waals surface area contributed by atoms with Gasteiger partial charge in [-0.3, -0.25) is 8.42 Å². The Morgan fingerprint density at radius 3 is 2.73 bits per heavy atom. The lowest BCUT2D eigenvalue weighted by Gasteiger charge is -2.22. The van der Waals surface area contributed by atoms with Gasteiger partial charge in [-0.05, 0) is 37.6 Å². The zero-order chi connectivity index (χ0) is 16.3. The molecule has 1 N–H and O–H groups in total. The first-order chi connectivity index (χ1) is 10.3. The summed E-state index contributed by atoms with van der Waals surface area (Å²) in [5.74, 6) is 1.15. The smallest absolute Gasteiger partial charge is 0.134 e. The summed E-state index contributed by atoms with van der Waals surface area (Å²) in [6.07, 6.45) is 3.24. The van der Waals surface area contributed by atoms with Crippen molar-refractivity contribution in [3.05, 3.63) is 34.5 Å². The Balaban J connectivity index is 0.000000309. The zero-order valence-corrected chi connectivity index (χ0v) is 13.5. The van der Waals surface area contributed by atoms with Crippen LogP contribution in [-0.4, -0.2) is 30.1 Å². The van der Waals surface area contributed by atoms with Gasteiger partial charge < -0.3 is 18.8 Å². The summed E-state index contributed by atoms with van der Waals surface area (Å²) < 4.78 is 40.0. The van der Waals surface area contributed by atoms with E-state index >= 15 is 0 Å². The van der Waals surface area contributed by atoms with Gasteiger partial charge in [-0.2, -0.15) is 0 Å². The maximum atomic E-state index is 8.52. The number of hydrogen-bond donors (Lipinski definition) is 1. The van der Waals surface area contributed by atoms with Crippen molar-refractivity contribution in [2.24, 2.45) is 0 Å². The van der Waals surface area contributed by atoms with Crippen molar-refractivity contribution in [2.75, 3.05) is 6.54 Å². The summed E-state index contributed by atoms with van der Waals surface area (Å²) in [7, 11) is -5.17. The molecule has 8 heteroatoms. The lowest BCUT2D eigenvalue weighted by Crippen LogP contribution is -2.33. The van der Waals surface area contributed by atoms with E-state index in [1.165, 1.54) is 10.9 Å². The second-order valence-electron chi connectivity index (χ2n) is 5.05. The summed E-state index contributed by atoms with van der Waals surface area (Å²) in [6, 6.07) is 6.46. The predicted molar refractivity (Wildman–Crippen MR) is 81.2 cm³/mol. The molecule has 0 fully saturated rings. The normalized spacial score (nSPS) is 17.7. The number of furan rings is 1. The van der Waals surface area contributed by atoms with Crippen LogP contribution in [0.15, 0.2) is 22.6 Å². The topological polar surface area (TPSA) is 105 Å². The summed E-state index contributed by atoms with van der Waals surface area (Å²) in [6.45, 7) is 3.18. The fourth-order valence-corrected chi connectivity index (χ4v) is 2.89. The van der Waals surface area contributed by atoms with Gasteiger partial charge in [0.1, 0.15) is 11.3 Å². The van der Waals surface area contributed by atoms with E-state index in [1.54, 1.807) is 0 Å². The third-order valence-corrected chi connectivity index (χ3v) is 3.73. The highest BCUT2D eigenvalue weighted by Gasteiger charge is 2.23. The average molecular weight is 346 g/mol. The predicted octanol–water partition coefficient (Wildman–Crippen LogP) is 2.21. The quantitative estimate of drug-likeness (QED) is 0.660. The van der Waals surface area contributed by atoms with Gasteiger partial charge in [0.25, 0.3) is 0 Å². The molecule has 2 aromatic rings. The molecule has 0 aliphatic heterocycles. The molecule has 0 saturated carbocycles. The Morgan fingerprint density at radius 1 is 1.41 bits per heavy atom. The van der Waals surface area contributed by atoms with Crippen molar-refractivity contribution < 1.29 is 21.9 Å². The molecular formula is C14H16ClNO5S-2. The maximum absolute atomic E-state index is 8.52. The minimum absolute atomic E-state index is 0.576. The number of fused-ring (bicyclic) bond motifs is 3. The lowest BCUT2D eigenvalue weighted by atomic mass is 9.92. The Hall–Kier alpha value is -1.12. The van der Waals surface area contributed by atoms with E-state index in [0.29, 0.717) is 6.04 Å². The van der Waals surface area contributed by atoms with Gasteiger partial charge >= 0.3 is 0 Å². The summed E-state index contributed by atoms with van der Waals surface area (Å²) in [5.41, 5.74) is 2.32. The van der Waals surface area contributed by atoms with Crippen LogP contribution in [0.3, 0.4) is 0 Å². The van der Waals surface area contributed by atoms with Gasteiger partial charge in [-0.1, -0.05) is 18.5 Å². The third kappa shape index (κ3) is 4.69. The monoisotopic (exact) mass is 345 g/mol. The average Bonchev–Trinajstić information content (AvgIpc) is 2.75. The van der Waals surface area contributed by atoms with Crippen molar-refractivity contribution in [1.29, 1.82) is 0 Å². The molecule has 1 aliphatic rings. The summed E-state index contributed by atoms with van der Waals surface area (Å²) in [5, 5.41) is 5.49. The minimum atomic E-state index is -5.17. The van der Waals surface area contributed by atoms with Crippen molar-refractivity contribution in [1.82, 2.24) is 5.32 Å². The van der Waals surface area contributed by atoms with Crippen LogP contribution in [0, 0.1) is 0 Å². The minimum Gasteiger partial charge on any atom is -0.759 e. The molecule has 0 spiro atoms. The van der Waals surface area contributed by atoms with Crippen molar-refractivity contribution in [3.63, 3.8) is 0 Å². The van der Waals surface area contributed by atoms with Crippen molar-refractivity contribution in [3.8, 4) is 0 Å². The fourth-order valence-electron chi connectivity index (χ4n) is 2.71. The Kier molecular flexibility index (Phi) is 5.46. The molecule has 6 nitrogen and oxygen atoms in total. The van der Waals surface area contributed by atoms with Crippen LogP contribution in [-0.2, 0) is 23.2 Å². The SMILES string of the molecule is CCNC1CCc2oc3ccc(Cl)cc3c2C1.O=S(=O)([O-])[O-]. The van der Waals surface area contributed by atoms with Gasteiger partial charge in [0.15, 0.2) is 0 Å². The number of halogens is 1. The second-order valence-corrected chi connectivity index (χ2v) is 6.30. The standard InChI is InChI=1S/C14H16ClNO.H2O4S/c1-2-16-10-4-6-14-12(8-10)11-7-9(15)3-5-13(11)17-14;1-5(2,3)4/h3,5,7,10,16H,2,4,6,8H2,1H3;(H2,1,2,3,4)/p-2. The van der Waals surface area contributed by atoms with E-state index in [2.05, 4.69) is 12.2 Å². The molecule has 1 aromatic heterocycles. The van der Waals surface area contributed by atoms with Gasteiger partial charge in [0, 0.05) is 38.8 Å². The molecule has 1 heterocycles. The first kappa shape index (κ1) is 17.2. The number of rotatable bonds is 2. The van der Waals surface area contributed by atoms with Crippen molar-refractivity contribution in [2.45, 2.75) is 32.2 Å². The molecule has 1 aromatic carbocycles. The van der Waals surface area contributed by atoms with Crippen LogP contribution in [0.1, 0.15) is 24.7 Å². The molecule has 0 saturated heterocycles. The third-order valence-electron chi connectivity index (χ3n) is 3.50.